The first-order valence-corrected chi connectivity index (χ1v) is 9.32. The van der Waals surface area contributed by atoms with Crippen LogP contribution >= 0.6 is 0 Å². The summed E-state index contributed by atoms with van der Waals surface area (Å²) in [5, 5.41) is 12.3. The number of nitrogens with one attached hydrogen (secondary N) is 1. The van der Waals surface area contributed by atoms with Gasteiger partial charge >= 0.3 is 0 Å². The van der Waals surface area contributed by atoms with Gasteiger partial charge in [-0.15, -0.1) is 10.2 Å². The van der Waals surface area contributed by atoms with Gasteiger partial charge in [0.25, 0.3) is 0 Å². The normalized spacial score (nSPS) is 14.9. The molecule has 0 bridgehead atoms. The Balaban J connectivity index is 1.56. The molecule has 0 radical (unpaired) electrons. The molecule has 4 aromatic rings. The van der Waals surface area contributed by atoms with Crippen LogP contribution in [-0.2, 0) is 7.05 Å². The van der Waals surface area contributed by atoms with Crippen molar-refractivity contribution in [2.24, 2.45) is 7.05 Å². The molecule has 0 spiro atoms. The predicted octanol–water partition coefficient (Wildman–Crippen LogP) is 2.95. The molecule has 5 rings (SSSR count). The highest BCUT2D eigenvalue weighted by Crippen LogP contribution is 2.39. The Labute approximate surface area is 162 Å². The lowest BCUT2D eigenvalue weighted by molar-refractivity contribution is 0.414. The van der Waals surface area contributed by atoms with Crippen LogP contribution in [0.3, 0.4) is 0 Å². The molecular weight excluding hydrogens is 354 g/mol. The van der Waals surface area contributed by atoms with E-state index in [1.54, 1.807) is 19.5 Å². The highest BCUT2D eigenvalue weighted by molar-refractivity contribution is 5.63. The van der Waals surface area contributed by atoms with Crippen molar-refractivity contribution in [1.82, 2.24) is 29.1 Å². The third kappa shape index (κ3) is 2.87. The van der Waals surface area contributed by atoms with Gasteiger partial charge in [0.2, 0.25) is 5.65 Å². The lowest BCUT2D eigenvalue weighted by Gasteiger charge is -2.20. The second kappa shape index (κ2) is 6.63. The minimum atomic E-state index is -0.189. The Kier molecular flexibility index (Phi) is 3.96. The zero-order valence-corrected chi connectivity index (χ0v) is 15.8. The van der Waals surface area contributed by atoms with Crippen molar-refractivity contribution < 1.29 is 4.74 Å². The fraction of sp³-hybridized carbons (Fsp3) is 0.300. The van der Waals surface area contributed by atoms with Crippen LogP contribution in [0.15, 0.2) is 49.1 Å². The summed E-state index contributed by atoms with van der Waals surface area (Å²) in [7, 11) is 3.65. The monoisotopic (exact) mass is 375 g/mol. The molecule has 1 N–H and O–H groups in total. The molecule has 1 atom stereocenters. The van der Waals surface area contributed by atoms with Crippen molar-refractivity contribution in [2.75, 3.05) is 12.4 Å². The number of anilines is 1. The summed E-state index contributed by atoms with van der Waals surface area (Å²) < 4.78 is 9.33. The molecule has 1 aliphatic carbocycles. The summed E-state index contributed by atoms with van der Waals surface area (Å²) in [5.41, 5.74) is 1.79. The fourth-order valence-electron chi connectivity index (χ4n) is 3.45. The Morgan fingerprint density at radius 3 is 2.54 bits per heavy atom. The first kappa shape index (κ1) is 16.7. The van der Waals surface area contributed by atoms with E-state index < -0.39 is 0 Å². The van der Waals surface area contributed by atoms with E-state index in [2.05, 4.69) is 25.5 Å². The van der Waals surface area contributed by atoms with Gasteiger partial charge in [-0.25, -0.2) is 9.97 Å². The number of methoxy groups -OCH3 is 1. The van der Waals surface area contributed by atoms with Gasteiger partial charge in [-0.2, -0.15) is 0 Å². The summed E-state index contributed by atoms with van der Waals surface area (Å²) in [6.07, 6.45) is 9.79. The number of hydrogen-bond donors (Lipinski definition) is 1. The fourth-order valence-corrected chi connectivity index (χ4v) is 3.45. The Morgan fingerprint density at radius 2 is 1.86 bits per heavy atom. The van der Waals surface area contributed by atoms with E-state index in [1.807, 2.05) is 52.7 Å². The molecule has 0 aliphatic heterocycles. The van der Waals surface area contributed by atoms with Crippen LogP contribution in [0, 0.1) is 0 Å². The maximum Gasteiger partial charge on any atom is 0.203 e. The van der Waals surface area contributed by atoms with Crippen LogP contribution in [0.2, 0.25) is 0 Å². The number of fused-ring (bicyclic) bond motifs is 1. The van der Waals surface area contributed by atoms with Crippen molar-refractivity contribution in [3.8, 4) is 5.75 Å². The minimum absolute atomic E-state index is 0.189. The smallest absolute Gasteiger partial charge is 0.203 e. The van der Waals surface area contributed by atoms with E-state index in [1.165, 1.54) is 12.8 Å². The number of benzene rings is 1. The van der Waals surface area contributed by atoms with E-state index >= 15 is 0 Å². The molecule has 0 amide bonds. The van der Waals surface area contributed by atoms with E-state index in [4.69, 9.17) is 4.74 Å². The van der Waals surface area contributed by atoms with Crippen molar-refractivity contribution in [1.29, 1.82) is 0 Å². The van der Waals surface area contributed by atoms with Gasteiger partial charge in [0.1, 0.15) is 23.4 Å². The Morgan fingerprint density at radius 1 is 1.07 bits per heavy atom. The maximum absolute atomic E-state index is 5.30. The van der Waals surface area contributed by atoms with Gasteiger partial charge in [-0.3, -0.25) is 4.40 Å². The molecule has 8 nitrogen and oxygen atoms in total. The highest BCUT2D eigenvalue weighted by Gasteiger charge is 2.29. The quantitative estimate of drug-likeness (QED) is 0.558. The van der Waals surface area contributed by atoms with Crippen molar-refractivity contribution in [3.63, 3.8) is 0 Å². The molecular formula is C20H21N7O. The van der Waals surface area contributed by atoms with Gasteiger partial charge < -0.3 is 14.6 Å². The number of nitrogens with zero attached hydrogens (tertiary/aromatic N) is 6. The second-order valence-electron chi connectivity index (χ2n) is 7.05. The van der Waals surface area contributed by atoms with E-state index in [-0.39, 0.29) is 6.04 Å². The number of aryl methyl sites for hydroxylation is 1. The number of imidazole rings is 1. The highest BCUT2D eigenvalue weighted by atomic mass is 16.5. The SMILES string of the molecule is COc1ccc(C(Nc2nccn3c(C4CC4)nnc23)c2nccn2C)cc1. The van der Waals surface area contributed by atoms with E-state index in [0.717, 1.165) is 28.6 Å². The zero-order chi connectivity index (χ0) is 19.1. The zero-order valence-electron chi connectivity index (χ0n) is 15.8. The number of rotatable bonds is 6. The molecule has 1 fully saturated rings. The Hall–Kier alpha value is -3.42. The van der Waals surface area contributed by atoms with Crippen LogP contribution in [0.1, 0.15) is 42.0 Å². The van der Waals surface area contributed by atoms with Crippen LogP contribution in [-0.4, -0.2) is 36.2 Å². The second-order valence-corrected chi connectivity index (χ2v) is 7.05. The van der Waals surface area contributed by atoms with Gasteiger partial charge in [0.15, 0.2) is 5.82 Å². The number of ether oxygens (including phenoxy) is 1. The molecule has 0 saturated heterocycles. The number of aromatic nitrogens is 6. The first-order chi connectivity index (χ1) is 13.7. The largest absolute Gasteiger partial charge is 0.497 e. The van der Waals surface area contributed by atoms with E-state index in [0.29, 0.717) is 11.7 Å². The molecule has 1 aromatic carbocycles. The molecule has 1 unspecified atom stereocenters. The summed E-state index contributed by atoms with van der Waals surface area (Å²) in [5.74, 6) is 3.91. The summed E-state index contributed by atoms with van der Waals surface area (Å²) >= 11 is 0. The predicted molar refractivity (Wildman–Crippen MR) is 104 cm³/mol. The van der Waals surface area contributed by atoms with Gasteiger partial charge in [-0.1, -0.05) is 12.1 Å². The maximum atomic E-state index is 5.30. The lowest BCUT2D eigenvalue weighted by Crippen LogP contribution is -2.18. The van der Waals surface area contributed by atoms with Crippen LogP contribution < -0.4 is 10.1 Å². The van der Waals surface area contributed by atoms with Gasteiger partial charge in [-0.05, 0) is 30.5 Å². The summed E-state index contributed by atoms with van der Waals surface area (Å²) in [6, 6.07) is 7.77. The van der Waals surface area contributed by atoms with E-state index in [9.17, 15) is 0 Å². The molecule has 1 aliphatic rings. The average molecular weight is 375 g/mol. The third-order valence-electron chi connectivity index (χ3n) is 5.14. The van der Waals surface area contributed by atoms with Gasteiger partial charge in [0.05, 0.1) is 7.11 Å². The Bertz CT molecular complexity index is 1110. The average Bonchev–Trinajstić information content (AvgIpc) is 3.33. The van der Waals surface area contributed by atoms with Gasteiger partial charge in [0, 0.05) is 37.8 Å². The third-order valence-corrected chi connectivity index (χ3v) is 5.14. The summed E-state index contributed by atoms with van der Waals surface area (Å²) in [6.45, 7) is 0. The van der Waals surface area contributed by atoms with Crippen LogP contribution in [0.5, 0.6) is 5.75 Å². The van der Waals surface area contributed by atoms with Crippen molar-refractivity contribution in [2.45, 2.75) is 24.8 Å². The molecule has 3 aromatic heterocycles. The summed E-state index contributed by atoms with van der Waals surface area (Å²) in [4.78, 5) is 9.10. The minimum Gasteiger partial charge on any atom is -0.497 e. The standard InChI is InChI=1S/C20H21N7O/c1-26-11-9-22-19(26)16(13-5-7-15(28-2)8-6-13)23-17-20-25-24-18(14-3-4-14)27(20)12-10-21-17/h5-12,14,16H,3-4H2,1-2H3,(H,21,23). The topological polar surface area (TPSA) is 82.2 Å². The number of hydrogen-bond acceptors (Lipinski definition) is 6. The van der Waals surface area contributed by atoms with Crippen molar-refractivity contribution >= 4 is 11.5 Å². The molecule has 3 heterocycles. The molecule has 8 heteroatoms. The van der Waals surface area contributed by atoms with Crippen LogP contribution in [0.4, 0.5) is 5.82 Å². The molecule has 142 valence electrons. The van der Waals surface area contributed by atoms with Crippen molar-refractivity contribution in [3.05, 3.63) is 66.3 Å². The lowest BCUT2D eigenvalue weighted by atomic mass is 10.1. The van der Waals surface area contributed by atoms with Crippen LogP contribution in [0.25, 0.3) is 5.65 Å². The first-order valence-electron chi connectivity index (χ1n) is 9.32. The molecule has 1 saturated carbocycles. The molecule has 28 heavy (non-hydrogen) atoms.